The lowest BCUT2D eigenvalue weighted by Crippen LogP contribution is -2.42. The average Bonchev–Trinajstić information content (AvgIpc) is 3.02. The second kappa shape index (κ2) is 8.97. The number of aliphatic hydroxyl groups excluding tert-OH is 1. The summed E-state index contributed by atoms with van der Waals surface area (Å²) in [6.07, 6.45) is 5.20. The Morgan fingerprint density at radius 2 is 2.12 bits per heavy atom. The Morgan fingerprint density at radius 1 is 1.35 bits per heavy atom. The van der Waals surface area contributed by atoms with Crippen LogP contribution in [0.5, 0.6) is 0 Å². The molecule has 0 bridgehead atoms. The highest BCUT2D eigenvalue weighted by Gasteiger charge is 2.33. The molecule has 0 radical (unpaired) electrons. The van der Waals surface area contributed by atoms with Gasteiger partial charge in [-0.15, -0.1) is 12.4 Å². The first kappa shape index (κ1) is 21.6. The highest BCUT2D eigenvalue weighted by molar-refractivity contribution is 7.88. The molecule has 0 saturated carbocycles. The van der Waals surface area contributed by atoms with Crippen LogP contribution in [0.2, 0.25) is 0 Å². The van der Waals surface area contributed by atoms with E-state index in [4.69, 9.17) is 0 Å². The van der Waals surface area contributed by atoms with Crippen molar-refractivity contribution in [1.82, 2.24) is 9.62 Å². The van der Waals surface area contributed by atoms with E-state index in [0.717, 1.165) is 32.1 Å². The number of nitrogens with one attached hydrogen (secondary N) is 1. The van der Waals surface area contributed by atoms with Gasteiger partial charge in [0, 0.05) is 25.2 Å². The largest absolute Gasteiger partial charge is 0.387 e. The number of rotatable bonds is 5. The van der Waals surface area contributed by atoms with Crippen LogP contribution in [-0.2, 0) is 10.0 Å². The molecule has 5 nitrogen and oxygen atoms in total. The van der Waals surface area contributed by atoms with E-state index in [1.807, 2.05) is 0 Å². The minimum atomic E-state index is -3.12. The Bertz CT molecular complexity index is 703. The fourth-order valence-electron chi connectivity index (χ4n) is 4.13. The summed E-state index contributed by atoms with van der Waals surface area (Å²) in [7, 11) is -3.12. The number of hydrogen-bond acceptors (Lipinski definition) is 4. The van der Waals surface area contributed by atoms with E-state index in [0.29, 0.717) is 24.6 Å². The molecule has 3 rings (SSSR count). The zero-order valence-electron chi connectivity index (χ0n) is 15.0. The molecule has 8 heteroatoms. The van der Waals surface area contributed by atoms with E-state index in [1.54, 1.807) is 16.4 Å². The van der Waals surface area contributed by atoms with E-state index >= 15 is 0 Å². The molecule has 2 fully saturated rings. The molecular formula is C18H28ClFN2O3S. The van der Waals surface area contributed by atoms with Gasteiger partial charge in [-0.25, -0.2) is 17.1 Å². The maximum absolute atomic E-state index is 13.3. The lowest BCUT2D eigenvalue weighted by Gasteiger charge is -2.32. The summed E-state index contributed by atoms with van der Waals surface area (Å²) in [6.45, 7) is 1.21. The van der Waals surface area contributed by atoms with Gasteiger partial charge in [-0.3, -0.25) is 0 Å². The number of hydrogen-bond donors (Lipinski definition) is 2. The first-order valence-electron chi connectivity index (χ1n) is 8.97. The summed E-state index contributed by atoms with van der Waals surface area (Å²) < 4.78 is 38.4. The molecule has 2 N–H and O–H groups in total. The SMILES string of the molecule is CS(=O)(=O)N1CCC[C@H](C[C@@H]2CC[C@H]([C@H](O)c3cccc(F)c3)N2)C1.Cl. The smallest absolute Gasteiger partial charge is 0.211 e. The topological polar surface area (TPSA) is 69.6 Å². The van der Waals surface area contributed by atoms with Crippen molar-refractivity contribution < 1.29 is 17.9 Å². The Balaban J connectivity index is 0.00000243. The van der Waals surface area contributed by atoms with Crippen molar-refractivity contribution in [3.63, 3.8) is 0 Å². The molecule has 26 heavy (non-hydrogen) atoms. The molecule has 2 heterocycles. The molecule has 0 aromatic heterocycles. The zero-order valence-corrected chi connectivity index (χ0v) is 16.6. The molecule has 148 valence electrons. The molecular weight excluding hydrogens is 379 g/mol. The third-order valence-electron chi connectivity index (χ3n) is 5.42. The van der Waals surface area contributed by atoms with E-state index < -0.39 is 16.1 Å². The van der Waals surface area contributed by atoms with Crippen molar-refractivity contribution in [3.05, 3.63) is 35.6 Å². The Morgan fingerprint density at radius 3 is 2.81 bits per heavy atom. The van der Waals surface area contributed by atoms with Gasteiger partial charge in [-0.2, -0.15) is 0 Å². The fraction of sp³-hybridized carbons (Fsp3) is 0.667. The summed E-state index contributed by atoms with van der Waals surface area (Å²) in [5.41, 5.74) is 0.596. The number of halogens is 2. The Hall–Kier alpha value is -0.730. The summed E-state index contributed by atoms with van der Waals surface area (Å²) in [5, 5.41) is 14.0. The van der Waals surface area contributed by atoms with Gasteiger partial charge >= 0.3 is 0 Å². The number of nitrogens with zero attached hydrogens (tertiary/aromatic N) is 1. The van der Waals surface area contributed by atoms with Gasteiger partial charge in [0.25, 0.3) is 0 Å². The summed E-state index contributed by atoms with van der Waals surface area (Å²) >= 11 is 0. The number of benzene rings is 1. The Kier molecular flexibility index (Phi) is 7.44. The van der Waals surface area contributed by atoms with Crippen LogP contribution in [0.3, 0.4) is 0 Å². The molecule has 0 unspecified atom stereocenters. The second-order valence-electron chi connectivity index (χ2n) is 7.41. The molecule has 0 amide bonds. The van der Waals surface area contributed by atoms with Crippen LogP contribution in [0.1, 0.15) is 43.8 Å². The first-order valence-corrected chi connectivity index (χ1v) is 10.8. The van der Waals surface area contributed by atoms with Gasteiger partial charge in [-0.05, 0) is 55.7 Å². The van der Waals surface area contributed by atoms with Gasteiger partial charge in [-0.1, -0.05) is 12.1 Å². The van der Waals surface area contributed by atoms with Crippen LogP contribution >= 0.6 is 12.4 Å². The van der Waals surface area contributed by atoms with Gasteiger partial charge < -0.3 is 10.4 Å². The van der Waals surface area contributed by atoms with Crippen LogP contribution in [-0.4, -0.2) is 49.3 Å². The van der Waals surface area contributed by atoms with Gasteiger partial charge in [0.05, 0.1) is 12.4 Å². The first-order chi connectivity index (χ1) is 11.8. The van der Waals surface area contributed by atoms with Gasteiger partial charge in [0.15, 0.2) is 0 Å². The van der Waals surface area contributed by atoms with Crippen LogP contribution in [0.4, 0.5) is 4.39 Å². The molecule has 2 aliphatic rings. The van der Waals surface area contributed by atoms with Crippen molar-refractivity contribution in [2.24, 2.45) is 5.92 Å². The lowest BCUT2D eigenvalue weighted by atomic mass is 9.92. The standard InChI is InChI=1S/C18H27FN2O3S.ClH/c1-25(23,24)21-9-3-4-13(12-21)10-16-7-8-17(20-16)18(22)14-5-2-6-15(19)11-14;/h2,5-6,11,13,16-18,20,22H,3-4,7-10,12H2,1H3;1H/t13-,16+,17-,18-;/m1./s1. The van der Waals surface area contributed by atoms with Crippen LogP contribution < -0.4 is 5.32 Å². The van der Waals surface area contributed by atoms with Crippen LogP contribution in [0.25, 0.3) is 0 Å². The lowest BCUT2D eigenvalue weighted by molar-refractivity contribution is 0.133. The molecule has 1 aromatic rings. The van der Waals surface area contributed by atoms with E-state index in [9.17, 15) is 17.9 Å². The number of piperidine rings is 1. The van der Waals surface area contributed by atoms with Crippen LogP contribution in [0.15, 0.2) is 24.3 Å². The van der Waals surface area contributed by atoms with Crippen molar-refractivity contribution in [3.8, 4) is 0 Å². The maximum Gasteiger partial charge on any atom is 0.211 e. The predicted molar refractivity (Wildman–Crippen MR) is 102 cm³/mol. The summed E-state index contributed by atoms with van der Waals surface area (Å²) in [6, 6.07) is 6.30. The molecule has 1 aromatic carbocycles. The second-order valence-corrected chi connectivity index (χ2v) is 9.39. The quantitative estimate of drug-likeness (QED) is 0.788. The minimum Gasteiger partial charge on any atom is -0.387 e. The third kappa shape index (κ3) is 5.39. The molecule has 2 saturated heterocycles. The maximum atomic E-state index is 13.3. The van der Waals surface area contributed by atoms with Gasteiger partial charge in [0.1, 0.15) is 5.82 Å². The predicted octanol–water partition coefficient (Wildman–Crippen LogP) is 2.46. The third-order valence-corrected chi connectivity index (χ3v) is 6.69. The average molecular weight is 407 g/mol. The van der Waals surface area contributed by atoms with Crippen molar-refractivity contribution >= 4 is 22.4 Å². The Labute approximate surface area is 161 Å². The van der Waals surface area contributed by atoms with E-state index in [-0.39, 0.29) is 30.3 Å². The van der Waals surface area contributed by atoms with Crippen LogP contribution in [0, 0.1) is 11.7 Å². The zero-order chi connectivity index (χ0) is 18.0. The number of aliphatic hydroxyl groups is 1. The van der Waals surface area contributed by atoms with E-state index in [2.05, 4.69) is 5.32 Å². The highest BCUT2D eigenvalue weighted by Crippen LogP contribution is 2.30. The van der Waals surface area contributed by atoms with E-state index in [1.165, 1.54) is 18.4 Å². The normalized spacial score (nSPS) is 28.5. The minimum absolute atomic E-state index is 0. The molecule has 4 atom stereocenters. The summed E-state index contributed by atoms with van der Waals surface area (Å²) in [4.78, 5) is 0. The van der Waals surface area contributed by atoms with Crippen molar-refractivity contribution in [1.29, 1.82) is 0 Å². The highest BCUT2D eigenvalue weighted by atomic mass is 35.5. The molecule has 0 spiro atoms. The number of sulfonamides is 1. The molecule has 0 aliphatic carbocycles. The van der Waals surface area contributed by atoms with Gasteiger partial charge in [0.2, 0.25) is 10.0 Å². The fourth-order valence-corrected chi connectivity index (χ4v) is 5.07. The monoisotopic (exact) mass is 406 g/mol. The summed E-state index contributed by atoms with van der Waals surface area (Å²) in [5.74, 6) is 0.0141. The van der Waals surface area contributed by atoms with Crippen molar-refractivity contribution in [2.75, 3.05) is 19.3 Å². The van der Waals surface area contributed by atoms with Crippen molar-refractivity contribution in [2.45, 2.75) is 50.3 Å². The molecule has 2 aliphatic heterocycles.